The molecule has 0 radical (unpaired) electrons. The minimum atomic E-state index is -0.301. The smallest absolute Gasteiger partial charge is 0.332 e. The van der Waals surface area contributed by atoms with Crippen LogP contribution in [0.4, 0.5) is 10.5 Å². The molecule has 0 spiro atoms. The van der Waals surface area contributed by atoms with Crippen LogP contribution in [0.15, 0.2) is 18.2 Å². The number of hydrogen-bond acceptors (Lipinski definition) is 4. The Labute approximate surface area is 122 Å². The summed E-state index contributed by atoms with van der Waals surface area (Å²) in [5.41, 5.74) is 0.558. The summed E-state index contributed by atoms with van der Waals surface area (Å²) in [7, 11) is 0. The number of carbonyl (C=O) groups is 2. The highest BCUT2D eigenvalue weighted by Gasteiger charge is 2.46. The van der Waals surface area contributed by atoms with Crippen LogP contribution in [0.1, 0.15) is 25.7 Å². The van der Waals surface area contributed by atoms with Crippen LogP contribution in [0, 0.1) is 0 Å². The summed E-state index contributed by atoms with van der Waals surface area (Å²) in [5, 5.41) is 0. The molecule has 1 atom stereocenters. The standard InChI is InChI=1S/C15H16N2O4/c18-14-11-4-2-1-3-7-16(11)15(19)17(14)10-5-6-12-13(8-10)21-9-20-12/h5-6,8,11H,1-4,7,9H2. The van der Waals surface area contributed by atoms with Crippen LogP contribution < -0.4 is 14.4 Å². The number of anilines is 1. The number of ether oxygens (including phenoxy) is 2. The van der Waals surface area contributed by atoms with Crippen molar-refractivity contribution in [3.63, 3.8) is 0 Å². The van der Waals surface area contributed by atoms with E-state index >= 15 is 0 Å². The summed E-state index contributed by atoms with van der Waals surface area (Å²) in [6.07, 6.45) is 3.79. The maximum atomic E-state index is 12.6. The van der Waals surface area contributed by atoms with Crippen LogP contribution in [0.25, 0.3) is 0 Å². The first kappa shape index (κ1) is 12.5. The topological polar surface area (TPSA) is 59.1 Å². The average molecular weight is 288 g/mol. The van der Waals surface area contributed by atoms with Gasteiger partial charge >= 0.3 is 6.03 Å². The van der Waals surface area contributed by atoms with E-state index < -0.39 is 0 Å². The summed E-state index contributed by atoms with van der Waals surface area (Å²) >= 11 is 0. The Morgan fingerprint density at radius 3 is 2.81 bits per heavy atom. The van der Waals surface area contributed by atoms with E-state index in [1.807, 2.05) is 0 Å². The molecule has 3 heterocycles. The summed E-state index contributed by atoms with van der Waals surface area (Å²) in [6.45, 7) is 0.839. The molecule has 3 amide bonds. The third-order valence-electron chi connectivity index (χ3n) is 4.31. The van der Waals surface area contributed by atoms with Gasteiger partial charge in [-0.05, 0) is 25.0 Å². The molecular formula is C15H16N2O4. The number of amides is 3. The number of benzene rings is 1. The number of hydrogen-bond donors (Lipinski definition) is 0. The van der Waals surface area contributed by atoms with Crippen molar-refractivity contribution in [1.82, 2.24) is 4.90 Å². The van der Waals surface area contributed by atoms with E-state index in [-0.39, 0.29) is 24.8 Å². The van der Waals surface area contributed by atoms with Gasteiger partial charge in [-0.15, -0.1) is 0 Å². The number of rotatable bonds is 1. The van der Waals surface area contributed by atoms with Gasteiger partial charge in [0.1, 0.15) is 6.04 Å². The molecule has 1 aromatic carbocycles. The highest BCUT2D eigenvalue weighted by Crippen LogP contribution is 2.38. The van der Waals surface area contributed by atoms with E-state index in [1.54, 1.807) is 23.1 Å². The Balaban J connectivity index is 1.69. The molecule has 4 rings (SSSR count). The SMILES string of the molecule is O=C1C2CCCCCN2C(=O)N1c1ccc2c(c1)OCO2. The zero-order chi connectivity index (χ0) is 14.4. The summed E-state index contributed by atoms with van der Waals surface area (Å²) < 4.78 is 10.6. The predicted octanol–water partition coefficient (Wildman–Crippen LogP) is 2.13. The molecule has 6 heteroatoms. The van der Waals surface area contributed by atoms with E-state index in [2.05, 4.69) is 0 Å². The van der Waals surface area contributed by atoms with Crippen molar-refractivity contribution >= 4 is 17.6 Å². The molecule has 110 valence electrons. The number of carbonyl (C=O) groups excluding carboxylic acids is 2. The van der Waals surface area contributed by atoms with Crippen molar-refractivity contribution in [2.75, 3.05) is 18.2 Å². The van der Waals surface area contributed by atoms with Crippen LogP contribution in [-0.4, -0.2) is 36.2 Å². The summed E-state index contributed by atoms with van der Waals surface area (Å²) in [5.74, 6) is 1.10. The molecular weight excluding hydrogens is 272 g/mol. The quantitative estimate of drug-likeness (QED) is 0.743. The second kappa shape index (κ2) is 4.65. The van der Waals surface area contributed by atoms with Crippen LogP contribution in [0.3, 0.4) is 0 Å². The van der Waals surface area contributed by atoms with Gasteiger partial charge in [-0.2, -0.15) is 0 Å². The lowest BCUT2D eigenvalue weighted by molar-refractivity contribution is -0.119. The fourth-order valence-electron chi connectivity index (χ4n) is 3.23. The third-order valence-corrected chi connectivity index (χ3v) is 4.31. The van der Waals surface area contributed by atoms with Gasteiger partial charge in [0, 0.05) is 12.6 Å². The lowest BCUT2D eigenvalue weighted by Crippen LogP contribution is -2.34. The van der Waals surface area contributed by atoms with Crippen LogP contribution in [-0.2, 0) is 4.79 Å². The van der Waals surface area contributed by atoms with E-state index in [0.717, 1.165) is 25.7 Å². The minimum absolute atomic E-state index is 0.124. The van der Waals surface area contributed by atoms with Crippen molar-refractivity contribution in [3.05, 3.63) is 18.2 Å². The second-order valence-corrected chi connectivity index (χ2v) is 5.55. The van der Waals surface area contributed by atoms with Crippen LogP contribution >= 0.6 is 0 Å². The number of urea groups is 1. The van der Waals surface area contributed by atoms with Crippen LogP contribution in [0.2, 0.25) is 0 Å². The van der Waals surface area contributed by atoms with Crippen molar-refractivity contribution in [2.45, 2.75) is 31.7 Å². The number of nitrogens with zero attached hydrogens (tertiary/aromatic N) is 2. The Morgan fingerprint density at radius 1 is 1.05 bits per heavy atom. The predicted molar refractivity (Wildman–Crippen MR) is 74.4 cm³/mol. The van der Waals surface area contributed by atoms with E-state index in [9.17, 15) is 9.59 Å². The van der Waals surface area contributed by atoms with Gasteiger partial charge in [-0.3, -0.25) is 4.79 Å². The fraction of sp³-hybridized carbons (Fsp3) is 0.467. The fourth-order valence-corrected chi connectivity index (χ4v) is 3.23. The number of fused-ring (bicyclic) bond motifs is 2. The Kier molecular flexibility index (Phi) is 2.77. The van der Waals surface area contributed by atoms with Gasteiger partial charge in [0.15, 0.2) is 11.5 Å². The molecule has 2 saturated heterocycles. The summed E-state index contributed by atoms with van der Waals surface area (Å²) in [6, 6.07) is 4.65. The molecule has 6 nitrogen and oxygen atoms in total. The van der Waals surface area contributed by atoms with Gasteiger partial charge in [0.2, 0.25) is 6.79 Å². The van der Waals surface area contributed by atoms with E-state index in [0.29, 0.717) is 23.7 Å². The van der Waals surface area contributed by atoms with Gasteiger partial charge in [-0.25, -0.2) is 9.69 Å². The molecule has 1 unspecified atom stereocenters. The Bertz CT molecular complexity index is 592. The van der Waals surface area contributed by atoms with Crippen LogP contribution in [0.5, 0.6) is 11.5 Å². The third kappa shape index (κ3) is 1.86. The minimum Gasteiger partial charge on any atom is -0.454 e. The first-order valence-corrected chi connectivity index (χ1v) is 7.30. The molecule has 21 heavy (non-hydrogen) atoms. The zero-order valence-electron chi connectivity index (χ0n) is 11.6. The van der Waals surface area contributed by atoms with Crippen molar-refractivity contribution < 1.29 is 19.1 Å². The molecule has 0 N–H and O–H groups in total. The highest BCUT2D eigenvalue weighted by atomic mass is 16.7. The Morgan fingerprint density at radius 2 is 1.90 bits per heavy atom. The first-order valence-electron chi connectivity index (χ1n) is 7.30. The van der Waals surface area contributed by atoms with Gasteiger partial charge < -0.3 is 14.4 Å². The maximum absolute atomic E-state index is 12.6. The van der Waals surface area contributed by atoms with Gasteiger partial charge in [0.05, 0.1) is 5.69 Å². The second-order valence-electron chi connectivity index (χ2n) is 5.55. The lowest BCUT2D eigenvalue weighted by Gasteiger charge is -2.18. The first-order chi connectivity index (χ1) is 10.3. The normalized spacial score (nSPS) is 24.3. The van der Waals surface area contributed by atoms with Gasteiger partial charge in [0.25, 0.3) is 5.91 Å². The molecule has 3 aliphatic rings. The van der Waals surface area contributed by atoms with E-state index in [1.165, 1.54) is 4.90 Å². The van der Waals surface area contributed by atoms with Crippen molar-refractivity contribution in [3.8, 4) is 11.5 Å². The molecule has 0 saturated carbocycles. The molecule has 0 aromatic heterocycles. The van der Waals surface area contributed by atoms with E-state index in [4.69, 9.17) is 9.47 Å². The number of imide groups is 1. The molecule has 0 aliphatic carbocycles. The molecule has 1 aromatic rings. The lowest BCUT2D eigenvalue weighted by atomic mass is 10.1. The maximum Gasteiger partial charge on any atom is 0.332 e. The summed E-state index contributed by atoms with van der Waals surface area (Å²) in [4.78, 5) is 28.1. The average Bonchev–Trinajstić information content (AvgIpc) is 2.92. The monoisotopic (exact) mass is 288 g/mol. The van der Waals surface area contributed by atoms with Crippen molar-refractivity contribution in [1.29, 1.82) is 0 Å². The molecule has 2 fully saturated rings. The molecule has 0 bridgehead atoms. The molecule has 3 aliphatic heterocycles. The van der Waals surface area contributed by atoms with Gasteiger partial charge in [-0.1, -0.05) is 12.8 Å². The largest absolute Gasteiger partial charge is 0.454 e. The van der Waals surface area contributed by atoms with Crippen molar-refractivity contribution in [2.24, 2.45) is 0 Å². The Hall–Kier alpha value is -2.24. The zero-order valence-corrected chi connectivity index (χ0v) is 11.6. The highest BCUT2D eigenvalue weighted by molar-refractivity contribution is 6.21.